The van der Waals surface area contributed by atoms with Crippen molar-refractivity contribution < 1.29 is 9.26 Å². The van der Waals surface area contributed by atoms with Crippen LogP contribution in [-0.2, 0) is 12.1 Å². The normalized spacial score (nSPS) is 28.2. The van der Waals surface area contributed by atoms with Gasteiger partial charge in [0.1, 0.15) is 12.0 Å². The van der Waals surface area contributed by atoms with Gasteiger partial charge in [-0.3, -0.25) is 9.80 Å². The molecule has 2 unspecified atom stereocenters. The fourth-order valence-corrected chi connectivity index (χ4v) is 5.33. The number of nitrogens with zero attached hydrogens (tertiary/aromatic N) is 4. The molecule has 5 rings (SSSR count). The summed E-state index contributed by atoms with van der Waals surface area (Å²) in [6.45, 7) is 8.17. The van der Waals surface area contributed by atoms with Gasteiger partial charge in [0.05, 0.1) is 12.1 Å². The highest BCUT2D eigenvalue weighted by atomic mass is 16.5. The zero-order chi connectivity index (χ0) is 20.2. The number of hydrogen-bond donors (Lipinski definition) is 1. The van der Waals surface area contributed by atoms with Gasteiger partial charge < -0.3 is 14.6 Å². The van der Waals surface area contributed by atoms with E-state index >= 15 is 0 Å². The summed E-state index contributed by atoms with van der Waals surface area (Å²) in [5.74, 6) is 1.25. The molecular formula is C23H33N5O2. The summed E-state index contributed by atoms with van der Waals surface area (Å²) in [5.41, 5.74) is 2.30. The van der Waals surface area contributed by atoms with Crippen molar-refractivity contribution >= 4 is 0 Å². The van der Waals surface area contributed by atoms with E-state index in [1.165, 1.54) is 37.9 Å². The minimum absolute atomic E-state index is 0.0316. The number of piperazine rings is 1. The highest BCUT2D eigenvalue weighted by Gasteiger charge is 2.46. The Bertz CT molecular complexity index is 790. The van der Waals surface area contributed by atoms with E-state index in [1.807, 2.05) is 18.3 Å². The number of aromatic nitrogens is 2. The van der Waals surface area contributed by atoms with Gasteiger partial charge in [0, 0.05) is 57.0 Å². The molecule has 7 heteroatoms. The van der Waals surface area contributed by atoms with E-state index in [0.29, 0.717) is 5.92 Å². The topological polar surface area (TPSA) is 66.7 Å². The van der Waals surface area contributed by atoms with E-state index < -0.39 is 0 Å². The number of piperidine rings is 2. The highest BCUT2D eigenvalue weighted by Crippen LogP contribution is 2.39. The monoisotopic (exact) mass is 411 g/mol. The number of rotatable bonds is 6. The van der Waals surface area contributed by atoms with Crippen molar-refractivity contribution in [1.82, 2.24) is 25.3 Å². The Kier molecular flexibility index (Phi) is 6.02. The molecule has 3 aliphatic rings. The van der Waals surface area contributed by atoms with Gasteiger partial charge in [-0.15, -0.1) is 0 Å². The maximum Gasteiger partial charge on any atom is 0.213 e. The van der Waals surface area contributed by atoms with Gasteiger partial charge in [0.2, 0.25) is 5.88 Å². The maximum atomic E-state index is 6.09. The van der Waals surface area contributed by atoms with E-state index in [1.54, 1.807) is 6.26 Å². The zero-order valence-electron chi connectivity index (χ0n) is 17.8. The van der Waals surface area contributed by atoms with Crippen LogP contribution in [0.1, 0.15) is 43.4 Å². The summed E-state index contributed by atoms with van der Waals surface area (Å²) < 4.78 is 11.3. The van der Waals surface area contributed by atoms with Crippen LogP contribution in [0, 0.1) is 5.92 Å². The Morgan fingerprint density at radius 1 is 1.17 bits per heavy atom. The van der Waals surface area contributed by atoms with Gasteiger partial charge in [-0.1, -0.05) is 17.6 Å². The molecule has 5 heterocycles. The van der Waals surface area contributed by atoms with Crippen molar-refractivity contribution in [2.45, 2.75) is 44.2 Å². The second-order valence-corrected chi connectivity index (χ2v) is 9.10. The molecule has 0 amide bonds. The van der Waals surface area contributed by atoms with Crippen LogP contribution in [0.4, 0.5) is 0 Å². The van der Waals surface area contributed by atoms with E-state index in [4.69, 9.17) is 9.26 Å². The molecule has 2 atom stereocenters. The molecule has 1 N–H and O–H groups in total. The van der Waals surface area contributed by atoms with Gasteiger partial charge in [-0.05, 0) is 44.3 Å². The molecule has 0 aromatic carbocycles. The SMILES string of the molecule is c1cc(C23CCC(COc4ccc(CN5CCCCC5)cn4)CN2CCNC3)no1. The minimum Gasteiger partial charge on any atom is -0.477 e. The van der Waals surface area contributed by atoms with Crippen LogP contribution in [0.15, 0.2) is 35.2 Å². The Labute approximate surface area is 178 Å². The Morgan fingerprint density at radius 2 is 2.10 bits per heavy atom. The van der Waals surface area contributed by atoms with E-state index in [2.05, 4.69) is 31.3 Å². The lowest BCUT2D eigenvalue weighted by Gasteiger charge is -2.51. The van der Waals surface area contributed by atoms with Crippen molar-refractivity contribution in [2.24, 2.45) is 5.92 Å². The van der Waals surface area contributed by atoms with E-state index in [-0.39, 0.29) is 5.54 Å². The lowest BCUT2D eigenvalue weighted by molar-refractivity contribution is -0.0184. The molecule has 2 aromatic rings. The van der Waals surface area contributed by atoms with Crippen molar-refractivity contribution in [3.63, 3.8) is 0 Å². The smallest absolute Gasteiger partial charge is 0.213 e. The molecular weight excluding hydrogens is 378 g/mol. The standard InChI is InChI=1S/C23H33N5O2/c1-2-10-27(11-3-1)15-19-4-5-22(25-14-19)29-17-20-6-8-23(21-7-13-30-26-21)18-24-9-12-28(23)16-20/h4-5,7,13-14,20,24H,1-3,6,8-12,15-18H2. The molecule has 162 valence electrons. The van der Waals surface area contributed by atoms with Crippen LogP contribution < -0.4 is 10.1 Å². The van der Waals surface area contributed by atoms with E-state index in [0.717, 1.165) is 63.7 Å². The number of fused-ring (bicyclic) bond motifs is 1. The summed E-state index contributed by atoms with van der Waals surface area (Å²) in [7, 11) is 0. The summed E-state index contributed by atoms with van der Waals surface area (Å²) in [5, 5.41) is 7.83. The average Bonchev–Trinajstić information content (AvgIpc) is 3.35. The molecule has 3 saturated heterocycles. The lowest BCUT2D eigenvalue weighted by atomic mass is 9.78. The predicted octanol–water partition coefficient (Wildman–Crippen LogP) is 2.65. The molecule has 0 saturated carbocycles. The summed E-state index contributed by atoms with van der Waals surface area (Å²) >= 11 is 0. The molecule has 3 fully saturated rings. The first kappa shape index (κ1) is 20.0. The number of pyridine rings is 1. The van der Waals surface area contributed by atoms with Crippen molar-refractivity contribution in [3.05, 3.63) is 41.9 Å². The number of nitrogens with one attached hydrogen (secondary N) is 1. The second kappa shape index (κ2) is 9.04. The fourth-order valence-electron chi connectivity index (χ4n) is 5.33. The van der Waals surface area contributed by atoms with E-state index in [9.17, 15) is 0 Å². The first-order valence-electron chi connectivity index (χ1n) is 11.5. The van der Waals surface area contributed by atoms with Crippen LogP contribution >= 0.6 is 0 Å². The molecule has 2 aromatic heterocycles. The quantitative estimate of drug-likeness (QED) is 0.784. The number of hydrogen-bond acceptors (Lipinski definition) is 7. The average molecular weight is 412 g/mol. The van der Waals surface area contributed by atoms with Crippen LogP contribution in [0.2, 0.25) is 0 Å². The molecule has 0 aliphatic carbocycles. The van der Waals surface area contributed by atoms with Crippen molar-refractivity contribution in [1.29, 1.82) is 0 Å². The molecule has 0 radical (unpaired) electrons. The Balaban J connectivity index is 1.15. The van der Waals surface area contributed by atoms with Gasteiger partial charge in [0.25, 0.3) is 0 Å². The molecule has 0 spiro atoms. The third-order valence-corrected chi connectivity index (χ3v) is 7.06. The molecule has 30 heavy (non-hydrogen) atoms. The molecule has 0 bridgehead atoms. The second-order valence-electron chi connectivity index (χ2n) is 9.10. The summed E-state index contributed by atoms with van der Waals surface area (Å²) in [4.78, 5) is 9.67. The third kappa shape index (κ3) is 4.24. The predicted molar refractivity (Wildman–Crippen MR) is 114 cm³/mol. The third-order valence-electron chi connectivity index (χ3n) is 7.06. The van der Waals surface area contributed by atoms with Crippen LogP contribution in [0.5, 0.6) is 5.88 Å². The largest absolute Gasteiger partial charge is 0.477 e. The minimum atomic E-state index is -0.0316. The Hall–Kier alpha value is -1.96. The highest BCUT2D eigenvalue weighted by molar-refractivity contribution is 5.19. The summed E-state index contributed by atoms with van der Waals surface area (Å²) in [6.07, 6.45) is 9.88. The van der Waals surface area contributed by atoms with Crippen LogP contribution in [0.3, 0.4) is 0 Å². The van der Waals surface area contributed by atoms with Gasteiger partial charge in [0.15, 0.2) is 0 Å². The Morgan fingerprint density at radius 3 is 2.90 bits per heavy atom. The summed E-state index contributed by atoms with van der Waals surface area (Å²) in [6, 6.07) is 6.22. The van der Waals surface area contributed by atoms with Gasteiger partial charge in [-0.25, -0.2) is 4.98 Å². The van der Waals surface area contributed by atoms with Gasteiger partial charge >= 0.3 is 0 Å². The lowest BCUT2D eigenvalue weighted by Crippen LogP contribution is -2.62. The molecule has 7 nitrogen and oxygen atoms in total. The maximum absolute atomic E-state index is 6.09. The first-order valence-corrected chi connectivity index (χ1v) is 11.5. The number of likely N-dealkylation sites (tertiary alicyclic amines) is 1. The van der Waals surface area contributed by atoms with Crippen LogP contribution in [0.25, 0.3) is 0 Å². The molecule has 3 aliphatic heterocycles. The first-order chi connectivity index (χ1) is 14.8. The van der Waals surface area contributed by atoms with Crippen molar-refractivity contribution in [2.75, 3.05) is 45.9 Å². The van der Waals surface area contributed by atoms with Crippen LogP contribution in [-0.4, -0.2) is 65.8 Å². The zero-order valence-corrected chi connectivity index (χ0v) is 17.8. The van der Waals surface area contributed by atoms with Crippen molar-refractivity contribution in [3.8, 4) is 5.88 Å². The van der Waals surface area contributed by atoms with Gasteiger partial charge in [-0.2, -0.15) is 0 Å². The fraction of sp³-hybridized carbons (Fsp3) is 0.652. The number of ether oxygens (including phenoxy) is 1.